The maximum absolute atomic E-state index is 12.7. The number of carboxylic acids is 1. The van der Waals surface area contributed by atoms with E-state index in [0.717, 1.165) is 30.8 Å². The van der Waals surface area contributed by atoms with E-state index < -0.39 is 17.7 Å². The van der Waals surface area contributed by atoms with Gasteiger partial charge in [0.1, 0.15) is 0 Å². The summed E-state index contributed by atoms with van der Waals surface area (Å²) in [5.74, 6) is -0.829. The van der Waals surface area contributed by atoms with Gasteiger partial charge in [0.2, 0.25) is 0 Å². The Morgan fingerprint density at radius 1 is 1.28 bits per heavy atom. The number of aliphatic carboxylic acids is 1. The van der Waals surface area contributed by atoms with Crippen LogP contribution in [0.25, 0.3) is 5.69 Å². The van der Waals surface area contributed by atoms with Gasteiger partial charge in [-0.15, -0.1) is 0 Å². The molecule has 1 aliphatic rings. The lowest BCUT2D eigenvalue weighted by Crippen LogP contribution is -2.40. The van der Waals surface area contributed by atoms with Crippen molar-refractivity contribution in [2.24, 2.45) is 16.9 Å². The molecule has 0 bridgehead atoms. The summed E-state index contributed by atoms with van der Waals surface area (Å²) in [6.45, 7) is 1.92. The van der Waals surface area contributed by atoms with Crippen LogP contribution < -0.4 is 10.7 Å². The molecule has 0 amide bonds. The lowest BCUT2D eigenvalue weighted by Gasteiger charge is -2.27. The highest BCUT2D eigenvalue weighted by Crippen LogP contribution is 2.29. The number of piperidine rings is 1. The highest BCUT2D eigenvalue weighted by molar-refractivity contribution is 5.78. The first-order valence-electron chi connectivity index (χ1n) is 9.39. The summed E-state index contributed by atoms with van der Waals surface area (Å²) in [4.78, 5) is 11.1. The van der Waals surface area contributed by atoms with Crippen molar-refractivity contribution in [3.8, 4) is 5.69 Å². The molecule has 1 fully saturated rings. The average molecular weight is 408 g/mol. The van der Waals surface area contributed by atoms with Crippen molar-refractivity contribution in [3.05, 3.63) is 53.9 Å². The number of carbonyl (C=O) groups is 1. The van der Waals surface area contributed by atoms with Gasteiger partial charge in [0.15, 0.2) is 0 Å². The van der Waals surface area contributed by atoms with Gasteiger partial charge in [0, 0.05) is 25.0 Å². The normalized spacial score (nSPS) is 20.1. The largest absolute Gasteiger partial charge is 0.481 e. The molecule has 0 aliphatic carbocycles. The Morgan fingerprint density at radius 2 is 2.03 bits per heavy atom. The van der Waals surface area contributed by atoms with Crippen LogP contribution in [0.5, 0.6) is 0 Å². The summed E-state index contributed by atoms with van der Waals surface area (Å²) in [7, 11) is 0. The maximum Gasteiger partial charge on any atom is 0.416 e. The lowest BCUT2D eigenvalue weighted by molar-refractivity contribution is -0.142. The molecule has 0 unspecified atom stereocenters. The van der Waals surface area contributed by atoms with Gasteiger partial charge in [-0.2, -0.15) is 18.3 Å². The second-order valence-electron chi connectivity index (χ2n) is 7.10. The zero-order chi connectivity index (χ0) is 20.9. The van der Waals surface area contributed by atoms with Gasteiger partial charge in [-0.05, 0) is 61.7 Å². The van der Waals surface area contributed by atoms with Crippen LogP contribution in [0.4, 0.5) is 13.2 Å². The van der Waals surface area contributed by atoms with Crippen molar-refractivity contribution in [2.45, 2.75) is 19.0 Å². The number of nitrogens with one attached hydrogen (secondary N) is 2. The van der Waals surface area contributed by atoms with Crippen molar-refractivity contribution < 1.29 is 23.1 Å². The Hall–Kier alpha value is -2.81. The van der Waals surface area contributed by atoms with Gasteiger partial charge in [0.05, 0.1) is 23.4 Å². The fraction of sp³-hybridized carbons (Fsp3) is 0.400. The molecule has 1 aliphatic heterocycles. The standard InChI is InChI=1S/C20H23F3N4O2/c21-20(22,23)16-3-5-17(6-4-16)27-9-1-2-18(27)13-26-25-8-7-14-10-15(19(28)29)12-24-11-14/h1-6,9,13-15,24-25H,7-8,10-12H2,(H,28,29)/b26-13+/t14-,15+/m0/s1. The van der Waals surface area contributed by atoms with E-state index in [1.54, 1.807) is 23.0 Å². The highest BCUT2D eigenvalue weighted by atomic mass is 19.4. The van der Waals surface area contributed by atoms with Gasteiger partial charge in [-0.25, -0.2) is 0 Å². The highest BCUT2D eigenvalue weighted by Gasteiger charge is 2.30. The maximum atomic E-state index is 12.7. The van der Waals surface area contributed by atoms with Gasteiger partial charge in [-0.1, -0.05) is 0 Å². The minimum Gasteiger partial charge on any atom is -0.481 e. The van der Waals surface area contributed by atoms with Crippen LogP contribution in [0.2, 0.25) is 0 Å². The molecule has 2 atom stereocenters. The summed E-state index contributed by atoms with van der Waals surface area (Å²) in [5.41, 5.74) is 3.60. The third kappa shape index (κ3) is 5.60. The monoisotopic (exact) mass is 408 g/mol. The second-order valence-corrected chi connectivity index (χ2v) is 7.10. The van der Waals surface area contributed by atoms with E-state index >= 15 is 0 Å². The summed E-state index contributed by atoms with van der Waals surface area (Å²) < 4.78 is 39.9. The molecule has 6 nitrogen and oxygen atoms in total. The number of rotatable bonds is 7. The van der Waals surface area contributed by atoms with Crippen LogP contribution in [0, 0.1) is 11.8 Å². The fourth-order valence-corrected chi connectivity index (χ4v) is 3.43. The summed E-state index contributed by atoms with van der Waals surface area (Å²) in [5, 5.41) is 16.4. The second kappa shape index (κ2) is 9.13. The number of carboxylic acid groups (broad SMARTS) is 1. The molecule has 1 aromatic carbocycles. The number of hydrogen-bond donors (Lipinski definition) is 3. The van der Waals surface area contributed by atoms with Crippen molar-refractivity contribution in [3.63, 3.8) is 0 Å². The number of hydrazone groups is 1. The van der Waals surface area contributed by atoms with E-state index in [9.17, 15) is 18.0 Å². The van der Waals surface area contributed by atoms with E-state index in [1.165, 1.54) is 12.1 Å². The Morgan fingerprint density at radius 3 is 2.72 bits per heavy atom. The van der Waals surface area contributed by atoms with Gasteiger partial charge in [-0.3, -0.25) is 4.79 Å². The lowest BCUT2D eigenvalue weighted by atomic mass is 9.88. The topological polar surface area (TPSA) is 78.7 Å². The Kier molecular flexibility index (Phi) is 6.58. The quantitative estimate of drug-likeness (QED) is 0.374. The van der Waals surface area contributed by atoms with Gasteiger partial charge in [0.25, 0.3) is 0 Å². The smallest absolute Gasteiger partial charge is 0.416 e. The minimum atomic E-state index is -4.36. The molecular weight excluding hydrogens is 385 g/mol. The molecule has 3 N–H and O–H groups in total. The average Bonchev–Trinajstić information content (AvgIpc) is 3.16. The van der Waals surface area contributed by atoms with Crippen molar-refractivity contribution >= 4 is 12.2 Å². The number of alkyl halides is 3. The van der Waals surface area contributed by atoms with E-state index in [0.29, 0.717) is 25.2 Å². The number of halogens is 3. The Labute approximate surface area is 166 Å². The van der Waals surface area contributed by atoms with Crippen LogP contribution in [0.15, 0.2) is 47.7 Å². The molecule has 3 rings (SSSR count). The van der Waals surface area contributed by atoms with E-state index in [1.807, 2.05) is 6.07 Å². The first kappa shape index (κ1) is 20.9. The molecule has 156 valence electrons. The predicted molar refractivity (Wildman–Crippen MR) is 103 cm³/mol. The summed E-state index contributed by atoms with van der Waals surface area (Å²) in [6.07, 6.45) is 0.459. The molecular formula is C20H23F3N4O2. The van der Waals surface area contributed by atoms with Gasteiger partial charge >= 0.3 is 12.1 Å². The SMILES string of the molecule is O=C(O)[C@H]1CNC[C@@H](CCN/N=C/c2cccn2-c2ccc(C(F)(F)F)cc2)C1. The van der Waals surface area contributed by atoms with E-state index in [4.69, 9.17) is 5.11 Å². The van der Waals surface area contributed by atoms with E-state index in [2.05, 4.69) is 15.8 Å². The van der Waals surface area contributed by atoms with Gasteiger partial charge < -0.3 is 20.4 Å². The zero-order valence-electron chi connectivity index (χ0n) is 15.7. The summed E-state index contributed by atoms with van der Waals surface area (Å²) >= 11 is 0. The van der Waals surface area contributed by atoms with Crippen LogP contribution >= 0.6 is 0 Å². The molecule has 1 aromatic heterocycles. The third-order valence-electron chi connectivity index (χ3n) is 5.00. The zero-order valence-corrected chi connectivity index (χ0v) is 15.7. The van der Waals surface area contributed by atoms with Crippen LogP contribution in [0.3, 0.4) is 0 Å². The summed E-state index contributed by atoms with van der Waals surface area (Å²) in [6, 6.07) is 8.55. The molecule has 0 radical (unpaired) electrons. The van der Waals surface area contributed by atoms with Crippen LogP contribution in [-0.2, 0) is 11.0 Å². The Bertz CT molecular complexity index is 846. The fourth-order valence-electron chi connectivity index (χ4n) is 3.43. The number of benzene rings is 1. The van der Waals surface area contributed by atoms with E-state index in [-0.39, 0.29) is 11.8 Å². The van der Waals surface area contributed by atoms with Crippen LogP contribution in [0.1, 0.15) is 24.1 Å². The number of hydrogen-bond acceptors (Lipinski definition) is 4. The van der Waals surface area contributed by atoms with Crippen molar-refractivity contribution in [1.29, 1.82) is 0 Å². The van der Waals surface area contributed by atoms with Crippen molar-refractivity contribution in [1.82, 2.24) is 15.3 Å². The molecule has 2 aromatic rings. The molecule has 29 heavy (non-hydrogen) atoms. The molecule has 0 spiro atoms. The molecule has 0 saturated carbocycles. The first-order valence-corrected chi connectivity index (χ1v) is 9.39. The van der Waals surface area contributed by atoms with Crippen molar-refractivity contribution in [2.75, 3.05) is 19.6 Å². The predicted octanol–water partition coefficient (Wildman–Crippen LogP) is 3.12. The molecule has 2 heterocycles. The molecule has 9 heteroatoms. The first-order chi connectivity index (χ1) is 13.8. The van der Waals surface area contributed by atoms with Crippen LogP contribution in [-0.4, -0.2) is 41.5 Å². The minimum absolute atomic E-state index is 0.281. The number of nitrogens with zero attached hydrogens (tertiary/aromatic N) is 2. The third-order valence-corrected chi connectivity index (χ3v) is 5.00. The number of aromatic nitrogens is 1. The molecule has 1 saturated heterocycles. The Balaban J connectivity index is 1.52.